The fraction of sp³-hybridized carbons (Fsp3) is 0.174. The van der Waals surface area contributed by atoms with Gasteiger partial charge in [0.2, 0.25) is 0 Å². The summed E-state index contributed by atoms with van der Waals surface area (Å²) in [6.07, 6.45) is 2.87. The predicted octanol–water partition coefficient (Wildman–Crippen LogP) is 4.72. The highest BCUT2D eigenvalue weighted by Gasteiger charge is 2.14. The molecule has 0 aliphatic rings. The highest BCUT2D eigenvalue weighted by molar-refractivity contribution is 6.08. The van der Waals surface area contributed by atoms with Crippen LogP contribution in [-0.4, -0.2) is 23.9 Å². The summed E-state index contributed by atoms with van der Waals surface area (Å²) >= 11 is 0. The number of methoxy groups -OCH3 is 1. The number of hydrogen-bond donors (Lipinski definition) is 2. The second kappa shape index (κ2) is 9.01. The second-order valence-electron chi connectivity index (χ2n) is 6.84. The van der Waals surface area contributed by atoms with Crippen LogP contribution in [0.3, 0.4) is 0 Å². The molecule has 148 valence electrons. The number of aromatic nitrogens is 1. The summed E-state index contributed by atoms with van der Waals surface area (Å²) in [5, 5.41) is 5.70. The molecule has 6 nitrogen and oxygen atoms in total. The van der Waals surface area contributed by atoms with E-state index in [1.54, 1.807) is 31.4 Å². The summed E-state index contributed by atoms with van der Waals surface area (Å²) < 4.78 is 5.11. The summed E-state index contributed by atoms with van der Waals surface area (Å²) in [6.45, 7) is 4.13. The zero-order valence-corrected chi connectivity index (χ0v) is 16.6. The van der Waals surface area contributed by atoms with Crippen molar-refractivity contribution in [2.75, 3.05) is 17.7 Å². The largest absolute Gasteiger partial charge is 0.497 e. The molecule has 2 N–H and O–H groups in total. The van der Waals surface area contributed by atoms with Crippen LogP contribution in [0.5, 0.6) is 5.75 Å². The molecule has 0 aliphatic heterocycles. The molecule has 0 spiro atoms. The minimum absolute atomic E-state index is 0.270. The molecule has 29 heavy (non-hydrogen) atoms. The molecule has 1 heterocycles. The van der Waals surface area contributed by atoms with Crippen molar-refractivity contribution in [1.82, 2.24) is 4.98 Å². The molecule has 2 amide bonds. The third kappa shape index (κ3) is 4.99. The van der Waals surface area contributed by atoms with E-state index in [1.807, 2.05) is 24.3 Å². The van der Waals surface area contributed by atoms with Crippen molar-refractivity contribution < 1.29 is 14.3 Å². The van der Waals surface area contributed by atoms with Crippen LogP contribution in [0.25, 0.3) is 0 Å². The number of hydrogen-bond acceptors (Lipinski definition) is 4. The van der Waals surface area contributed by atoms with Crippen LogP contribution in [0.15, 0.2) is 67.0 Å². The molecule has 0 fully saturated rings. The molecule has 6 heteroatoms. The van der Waals surface area contributed by atoms with E-state index in [1.165, 1.54) is 18.5 Å². The number of benzene rings is 2. The standard InChI is InChI=1S/C23H23N3O3/c1-15(2)20-6-4-5-7-21(20)26-23(28)17-12-16(13-24-14-17)22(27)25-18-8-10-19(29-3)11-9-18/h4-15H,1-3H3,(H,25,27)(H,26,28). The molecule has 0 saturated heterocycles. The van der Waals surface area contributed by atoms with Crippen LogP contribution >= 0.6 is 0 Å². The average Bonchev–Trinajstić information content (AvgIpc) is 2.74. The molecule has 3 rings (SSSR count). The van der Waals surface area contributed by atoms with Gasteiger partial charge in [-0.3, -0.25) is 14.6 Å². The van der Waals surface area contributed by atoms with Gasteiger partial charge in [-0.25, -0.2) is 0 Å². The number of nitrogens with zero attached hydrogens (tertiary/aromatic N) is 1. The Morgan fingerprint density at radius 2 is 1.52 bits per heavy atom. The molecular formula is C23H23N3O3. The molecule has 0 aliphatic carbocycles. The Hall–Kier alpha value is -3.67. The normalized spacial score (nSPS) is 10.5. The van der Waals surface area contributed by atoms with Crippen LogP contribution in [-0.2, 0) is 0 Å². The second-order valence-corrected chi connectivity index (χ2v) is 6.84. The molecule has 3 aromatic rings. The van der Waals surface area contributed by atoms with Gasteiger partial charge in [0.15, 0.2) is 0 Å². The number of anilines is 2. The Labute approximate surface area is 169 Å². The molecule has 0 unspecified atom stereocenters. The molecule has 1 aromatic heterocycles. The van der Waals surface area contributed by atoms with E-state index in [0.29, 0.717) is 22.6 Å². The molecule has 2 aromatic carbocycles. The van der Waals surface area contributed by atoms with E-state index in [9.17, 15) is 9.59 Å². The van der Waals surface area contributed by atoms with Gasteiger partial charge < -0.3 is 15.4 Å². The first-order valence-corrected chi connectivity index (χ1v) is 9.28. The lowest BCUT2D eigenvalue weighted by Crippen LogP contribution is -2.17. The minimum Gasteiger partial charge on any atom is -0.497 e. The highest BCUT2D eigenvalue weighted by atomic mass is 16.5. The van der Waals surface area contributed by atoms with Gasteiger partial charge in [0, 0.05) is 23.8 Å². The van der Waals surface area contributed by atoms with Gasteiger partial charge in [0.1, 0.15) is 5.75 Å². The molecule has 0 saturated carbocycles. The topological polar surface area (TPSA) is 80.3 Å². The smallest absolute Gasteiger partial charge is 0.257 e. The summed E-state index contributed by atoms with van der Waals surface area (Å²) in [5.41, 5.74) is 3.02. The van der Waals surface area contributed by atoms with E-state index in [-0.39, 0.29) is 17.7 Å². The number of rotatable bonds is 6. The fourth-order valence-electron chi connectivity index (χ4n) is 2.87. The number of pyridine rings is 1. The van der Waals surface area contributed by atoms with Crippen LogP contribution in [0.4, 0.5) is 11.4 Å². The van der Waals surface area contributed by atoms with Gasteiger partial charge in [0.25, 0.3) is 11.8 Å². The third-order valence-electron chi connectivity index (χ3n) is 4.44. The molecule has 0 bridgehead atoms. The molecule has 0 radical (unpaired) electrons. The number of carbonyl (C=O) groups excluding carboxylic acids is 2. The van der Waals surface area contributed by atoms with Gasteiger partial charge in [0.05, 0.1) is 18.2 Å². The summed E-state index contributed by atoms with van der Waals surface area (Å²) in [6, 6.07) is 16.2. The van der Waals surface area contributed by atoms with Crippen molar-refractivity contribution in [2.45, 2.75) is 19.8 Å². The lowest BCUT2D eigenvalue weighted by molar-refractivity contribution is 0.102. The van der Waals surface area contributed by atoms with E-state index in [2.05, 4.69) is 29.5 Å². The Morgan fingerprint density at radius 3 is 2.14 bits per heavy atom. The zero-order valence-electron chi connectivity index (χ0n) is 16.6. The maximum atomic E-state index is 12.7. The van der Waals surface area contributed by atoms with E-state index in [4.69, 9.17) is 4.74 Å². The SMILES string of the molecule is COc1ccc(NC(=O)c2cncc(C(=O)Nc3ccccc3C(C)C)c2)cc1. The number of nitrogens with one attached hydrogen (secondary N) is 2. The summed E-state index contributed by atoms with van der Waals surface area (Å²) in [4.78, 5) is 29.3. The Balaban J connectivity index is 1.74. The van der Waals surface area contributed by atoms with Gasteiger partial charge in [-0.2, -0.15) is 0 Å². The predicted molar refractivity (Wildman–Crippen MR) is 114 cm³/mol. The van der Waals surface area contributed by atoms with Gasteiger partial charge in [-0.15, -0.1) is 0 Å². The van der Waals surface area contributed by atoms with Crippen LogP contribution < -0.4 is 15.4 Å². The number of carbonyl (C=O) groups is 2. The number of amides is 2. The van der Waals surface area contributed by atoms with E-state index >= 15 is 0 Å². The van der Waals surface area contributed by atoms with Crippen LogP contribution in [0.1, 0.15) is 46.0 Å². The summed E-state index contributed by atoms with van der Waals surface area (Å²) in [7, 11) is 1.58. The zero-order chi connectivity index (χ0) is 20.8. The third-order valence-corrected chi connectivity index (χ3v) is 4.44. The lowest BCUT2D eigenvalue weighted by Gasteiger charge is -2.13. The van der Waals surface area contributed by atoms with Crippen molar-refractivity contribution >= 4 is 23.2 Å². The van der Waals surface area contributed by atoms with Crippen LogP contribution in [0, 0.1) is 0 Å². The number of ether oxygens (including phenoxy) is 1. The van der Waals surface area contributed by atoms with Crippen LogP contribution in [0.2, 0.25) is 0 Å². The van der Waals surface area contributed by atoms with Crippen molar-refractivity contribution in [2.24, 2.45) is 0 Å². The number of para-hydroxylation sites is 1. The maximum Gasteiger partial charge on any atom is 0.257 e. The Morgan fingerprint density at radius 1 is 0.897 bits per heavy atom. The lowest BCUT2D eigenvalue weighted by atomic mass is 10.0. The fourth-order valence-corrected chi connectivity index (χ4v) is 2.87. The molecule has 0 atom stereocenters. The monoisotopic (exact) mass is 389 g/mol. The Bertz CT molecular complexity index is 1010. The molecular weight excluding hydrogens is 366 g/mol. The van der Waals surface area contributed by atoms with E-state index < -0.39 is 0 Å². The van der Waals surface area contributed by atoms with Crippen molar-refractivity contribution in [3.05, 3.63) is 83.7 Å². The van der Waals surface area contributed by atoms with E-state index in [0.717, 1.165) is 11.3 Å². The van der Waals surface area contributed by atoms with Crippen molar-refractivity contribution in [3.8, 4) is 5.75 Å². The maximum absolute atomic E-state index is 12.7. The Kier molecular flexibility index (Phi) is 6.24. The minimum atomic E-state index is -0.347. The first kappa shape index (κ1) is 20.1. The van der Waals surface area contributed by atoms with Gasteiger partial charge >= 0.3 is 0 Å². The van der Waals surface area contributed by atoms with Gasteiger partial charge in [-0.1, -0.05) is 32.0 Å². The van der Waals surface area contributed by atoms with Crippen molar-refractivity contribution in [1.29, 1.82) is 0 Å². The van der Waals surface area contributed by atoms with Crippen molar-refractivity contribution in [3.63, 3.8) is 0 Å². The first-order chi connectivity index (χ1) is 14.0. The first-order valence-electron chi connectivity index (χ1n) is 9.28. The quantitative estimate of drug-likeness (QED) is 0.639. The summed E-state index contributed by atoms with van der Waals surface area (Å²) in [5.74, 6) is 0.306. The highest BCUT2D eigenvalue weighted by Crippen LogP contribution is 2.24. The van der Waals surface area contributed by atoms with Gasteiger partial charge in [-0.05, 0) is 47.9 Å². The average molecular weight is 389 g/mol.